The predicted molar refractivity (Wildman–Crippen MR) is 69.8 cm³/mol. The van der Waals surface area contributed by atoms with E-state index in [9.17, 15) is 5.11 Å². The molecule has 0 saturated heterocycles. The van der Waals surface area contributed by atoms with Crippen LogP contribution >= 0.6 is 15.9 Å². The molecule has 2 nitrogen and oxygen atoms in total. The smallest absolute Gasteiger partial charge is 0.133 e. The Balaban J connectivity index is 2.71. The lowest BCUT2D eigenvalue weighted by Gasteiger charge is -2.10. The molecule has 1 aromatic carbocycles. The van der Waals surface area contributed by atoms with Crippen molar-refractivity contribution in [2.45, 2.75) is 26.4 Å². The van der Waals surface area contributed by atoms with Gasteiger partial charge < -0.3 is 9.84 Å². The van der Waals surface area contributed by atoms with Gasteiger partial charge in [0.25, 0.3) is 0 Å². The topological polar surface area (TPSA) is 29.5 Å². The van der Waals surface area contributed by atoms with E-state index < -0.39 is 0 Å². The molecule has 0 spiro atoms. The zero-order valence-electron chi connectivity index (χ0n) is 9.66. The molecule has 88 valence electrons. The Bertz CT molecular complexity index is 372. The molecule has 0 aliphatic rings. The van der Waals surface area contributed by atoms with E-state index in [0.717, 1.165) is 21.4 Å². The Morgan fingerprint density at radius 3 is 2.75 bits per heavy atom. The Kier molecular flexibility index (Phi) is 5.03. The summed E-state index contributed by atoms with van der Waals surface area (Å²) in [6.45, 7) is 8.01. The van der Waals surface area contributed by atoms with Gasteiger partial charge in [0, 0.05) is 0 Å². The minimum atomic E-state index is -0.325. The second kappa shape index (κ2) is 6.06. The van der Waals surface area contributed by atoms with Crippen LogP contribution in [-0.4, -0.2) is 17.8 Å². The van der Waals surface area contributed by atoms with Crippen LogP contribution in [-0.2, 0) is 6.42 Å². The Hall–Kier alpha value is -0.800. The standard InChI is InChI=1S/C13H17BrO2/c1-9(2)8-16-13-5-4-11(6-10(3)15)7-12(13)14/h4-5,7,10,15H,1,6,8H2,2-3H3. The molecule has 1 aromatic rings. The van der Waals surface area contributed by atoms with Crippen LogP contribution < -0.4 is 4.74 Å². The van der Waals surface area contributed by atoms with E-state index in [4.69, 9.17) is 4.74 Å². The number of ether oxygens (including phenoxy) is 1. The van der Waals surface area contributed by atoms with E-state index >= 15 is 0 Å². The van der Waals surface area contributed by atoms with Crippen molar-refractivity contribution >= 4 is 15.9 Å². The molecule has 0 radical (unpaired) electrons. The van der Waals surface area contributed by atoms with E-state index in [1.54, 1.807) is 6.92 Å². The summed E-state index contributed by atoms with van der Waals surface area (Å²) in [5, 5.41) is 9.28. The first-order valence-corrected chi connectivity index (χ1v) is 6.02. The van der Waals surface area contributed by atoms with E-state index in [1.165, 1.54) is 0 Å². The minimum absolute atomic E-state index is 0.325. The van der Waals surface area contributed by atoms with Gasteiger partial charge in [-0.15, -0.1) is 0 Å². The van der Waals surface area contributed by atoms with Crippen molar-refractivity contribution in [1.29, 1.82) is 0 Å². The van der Waals surface area contributed by atoms with Gasteiger partial charge in [0.2, 0.25) is 0 Å². The number of aliphatic hydroxyl groups is 1. The van der Waals surface area contributed by atoms with Crippen LogP contribution in [0.15, 0.2) is 34.8 Å². The zero-order valence-corrected chi connectivity index (χ0v) is 11.3. The first kappa shape index (κ1) is 13.3. The number of hydrogen-bond donors (Lipinski definition) is 1. The third-order valence-corrected chi connectivity index (χ3v) is 2.62. The van der Waals surface area contributed by atoms with Crippen molar-refractivity contribution in [3.63, 3.8) is 0 Å². The first-order valence-electron chi connectivity index (χ1n) is 5.22. The number of halogens is 1. The van der Waals surface area contributed by atoms with Gasteiger partial charge in [0.15, 0.2) is 0 Å². The van der Waals surface area contributed by atoms with E-state index in [1.807, 2.05) is 25.1 Å². The van der Waals surface area contributed by atoms with Gasteiger partial charge in [-0.2, -0.15) is 0 Å². The van der Waals surface area contributed by atoms with Crippen molar-refractivity contribution in [2.24, 2.45) is 0 Å². The van der Waals surface area contributed by atoms with Crippen LogP contribution in [0.4, 0.5) is 0 Å². The SMILES string of the molecule is C=C(C)COc1ccc(CC(C)O)cc1Br. The van der Waals surface area contributed by atoms with Gasteiger partial charge in [0.1, 0.15) is 12.4 Å². The second-order valence-electron chi connectivity index (χ2n) is 4.06. The third-order valence-electron chi connectivity index (χ3n) is 2.00. The Morgan fingerprint density at radius 2 is 2.25 bits per heavy atom. The molecule has 3 heteroatoms. The summed E-state index contributed by atoms with van der Waals surface area (Å²) in [5.41, 5.74) is 2.07. The highest BCUT2D eigenvalue weighted by Gasteiger charge is 2.04. The average molecular weight is 285 g/mol. The van der Waals surface area contributed by atoms with E-state index in [-0.39, 0.29) is 6.10 Å². The van der Waals surface area contributed by atoms with Crippen molar-refractivity contribution < 1.29 is 9.84 Å². The molecule has 1 N–H and O–H groups in total. The summed E-state index contributed by atoms with van der Waals surface area (Å²) in [6.07, 6.45) is 0.327. The third kappa shape index (κ3) is 4.37. The normalized spacial score (nSPS) is 12.2. The van der Waals surface area contributed by atoms with Crippen LogP contribution in [0.3, 0.4) is 0 Å². The molecule has 0 aliphatic heterocycles. The van der Waals surface area contributed by atoms with E-state index in [0.29, 0.717) is 13.0 Å². The van der Waals surface area contributed by atoms with Crippen LogP contribution in [0, 0.1) is 0 Å². The van der Waals surface area contributed by atoms with Crippen LogP contribution in [0.1, 0.15) is 19.4 Å². The average Bonchev–Trinajstić information content (AvgIpc) is 2.15. The summed E-state index contributed by atoms with van der Waals surface area (Å²) in [7, 11) is 0. The maximum atomic E-state index is 9.28. The van der Waals surface area contributed by atoms with Crippen LogP contribution in [0.2, 0.25) is 0 Å². The summed E-state index contributed by atoms with van der Waals surface area (Å²) < 4.78 is 6.46. The molecule has 0 aliphatic carbocycles. The summed E-state index contributed by atoms with van der Waals surface area (Å²) in [5.74, 6) is 0.803. The lowest BCUT2D eigenvalue weighted by molar-refractivity contribution is 0.195. The lowest BCUT2D eigenvalue weighted by Crippen LogP contribution is -2.04. The first-order chi connectivity index (χ1) is 7.49. The summed E-state index contributed by atoms with van der Waals surface area (Å²) in [6, 6.07) is 5.84. The molecule has 1 atom stereocenters. The van der Waals surface area contributed by atoms with E-state index in [2.05, 4.69) is 22.5 Å². The van der Waals surface area contributed by atoms with Crippen molar-refractivity contribution in [3.8, 4) is 5.75 Å². The van der Waals surface area contributed by atoms with Gasteiger partial charge in [-0.3, -0.25) is 0 Å². The molecule has 1 rings (SSSR count). The summed E-state index contributed by atoms with van der Waals surface area (Å²) >= 11 is 3.45. The quantitative estimate of drug-likeness (QED) is 0.841. The highest BCUT2D eigenvalue weighted by Crippen LogP contribution is 2.26. The number of aliphatic hydroxyl groups excluding tert-OH is 1. The van der Waals surface area contributed by atoms with Crippen molar-refractivity contribution in [2.75, 3.05) is 6.61 Å². The van der Waals surface area contributed by atoms with Gasteiger partial charge in [-0.05, 0) is 59.5 Å². The molecule has 0 amide bonds. The number of hydrogen-bond acceptors (Lipinski definition) is 2. The molecule has 0 saturated carbocycles. The number of benzene rings is 1. The minimum Gasteiger partial charge on any atom is -0.488 e. The van der Waals surface area contributed by atoms with Crippen molar-refractivity contribution in [3.05, 3.63) is 40.4 Å². The van der Waals surface area contributed by atoms with Gasteiger partial charge >= 0.3 is 0 Å². The highest BCUT2D eigenvalue weighted by molar-refractivity contribution is 9.10. The van der Waals surface area contributed by atoms with Crippen molar-refractivity contribution in [1.82, 2.24) is 0 Å². The fraction of sp³-hybridized carbons (Fsp3) is 0.385. The van der Waals surface area contributed by atoms with Gasteiger partial charge in [-0.25, -0.2) is 0 Å². The molecule has 0 fully saturated rings. The maximum Gasteiger partial charge on any atom is 0.133 e. The molecule has 16 heavy (non-hydrogen) atoms. The zero-order chi connectivity index (χ0) is 12.1. The summed E-state index contributed by atoms with van der Waals surface area (Å²) in [4.78, 5) is 0. The fourth-order valence-electron chi connectivity index (χ4n) is 1.33. The van der Waals surface area contributed by atoms with Crippen LogP contribution in [0.5, 0.6) is 5.75 Å². The Morgan fingerprint density at radius 1 is 1.56 bits per heavy atom. The second-order valence-corrected chi connectivity index (χ2v) is 4.92. The largest absolute Gasteiger partial charge is 0.488 e. The monoisotopic (exact) mass is 284 g/mol. The molecule has 0 bridgehead atoms. The molecule has 0 heterocycles. The van der Waals surface area contributed by atoms with Crippen LogP contribution in [0.25, 0.3) is 0 Å². The molecule has 1 unspecified atom stereocenters. The van der Waals surface area contributed by atoms with Gasteiger partial charge in [0.05, 0.1) is 10.6 Å². The Labute approximate surface area is 105 Å². The predicted octanol–water partition coefficient (Wildman–Crippen LogP) is 3.33. The molecule has 0 aromatic heterocycles. The lowest BCUT2D eigenvalue weighted by atomic mass is 10.1. The maximum absolute atomic E-state index is 9.28. The number of rotatable bonds is 5. The van der Waals surface area contributed by atoms with Gasteiger partial charge in [-0.1, -0.05) is 12.6 Å². The molecular formula is C13H17BrO2. The fourth-order valence-corrected chi connectivity index (χ4v) is 1.87. The molecular weight excluding hydrogens is 268 g/mol. The highest BCUT2D eigenvalue weighted by atomic mass is 79.9.